The normalized spacial score (nSPS) is 14.5. The number of piperidine rings is 1. The number of nitrogens with one attached hydrogen (secondary N) is 1. The van der Waals surface area contributed by atoms with Crippen LogP contribution in [-0.4, -0.2) is 52.6 Å². The van der Waals surface area contributed by atoms with E-state index in [-0.39, 0.29) is 22.8 Å². The minimum atomic E-state index is -0.984. The predicted molar refractivity (Wildman–Crippen MR) is 144 cm³/mol. The van der Waals surface area contributed by atoms with E-state index in [1.165, 1.54) is 40.6 Å². The summed E-state index contributed by atoms with van der Waals surface area (Å²) < 4.78 is 20.6. The van der Waals surface area contributed by atoms with Crippen LogP contribution in [0.1, 0.15) is 34.7 Å². The summed E-state index contributed by atoms with van der Waals surface area (Å²) in [4.78, 5) is 36.2. The molecular weight excluding hydrogens is 489 g/mol. The quantitative estimate of drug-likeness (QED) is 0.354. The zero-order chi connectivity index (χ0) is 27.0. The van der Waals surface area contributed by atoms with E-state index in [1.807, 2.05) is 12.1 Å². The summed E-state index contributed by atoms with van der Waals surface area (Å²) >= 11 is 0. The van der Waals surface area contributed by atoms with E-state index >= 15 is 0 Å². The number of rotatable bonds is 6. The first-order valence-electron chi connectivity index (χ1n) is 12.2. The molecule has 0 radical (unpaired) electrons. The number of aromatic nitrogens is 3. The average Bonchev–Trinajstić information content (AvgIpc) is 2.90. The molecule has 2 aromatic heterocycles. The molecule has 5 N–H and O–H groups in total. The zero-order valence-corrected chi connectivity index (χ0v) is 21.1. The number of pyridine rings is 1. The van der Waals surface area contributed by atoms with E-state index in [0.29, 0.717) is 23.0 Å². The fourth-order valence-electron chi connectivity index (χ4n) is 4.86. The number of ether oxygens (including phenoxy) is 1. The third-order valence-corrected chi connectivity index (χ3v) is 6.94. The Morgan fingerprint density at radius 2 is 1.87 bits per heavy atom. The molecular formula is C27H28FN7O3. The number of fused-ring (bicyclic) bond motifs is 1. The molecule has 0 atom stereocenters. The Bertz CT molecular complexity index is 1580. The lowest BCUT2D eigenvalue weighted by atomic mass is 9.89. The molecule has 3 heterocycles. The van der Waals surface area contributed by atoms with E-state index in [2.05, 4.69) is 33.3 Å². The molecule has 0 unspecified atom stereocenters. The number of halogens is 1. The van der Waals surface area contributed by atoms with Crippen LogP contribution in [0, 0.1) is 5.82 Å². The summed E-state index contributed by atoms with van der Waals surface area (Å²) in [5.41, 5.74) is 13.0. The largest absolute Gasteiger partial charge is 0.495 e. The lowest BCUT2D eigenvalue weighted by molar-refractivity contribution is 0.1000. The van der Waals surface area contributed by atoms with Crippen molar-refractivity contribution in [2.75, 3.05) is 38.3 Å². The Hall–Kier alpha value is -4.51. The van der Waals surface area contributed by atoms with E-state index in [9.17, 15) is 14.0 Å². The van der Waals surface area contributed by atoms with Crippen molar-refractivity contribution in [2.45, 2.75) is 18.8 Å². The molecule has 196 valence electrons. The minimum Gasteiger partial charge on any atom is -0.495 e. The van der Waals surface area contributed by atoms with Crippen LogP contribution in [0.15, 0.2) is 53.5 Å². The molecule has 4 aromatic rings. The van der Waals surface area contributed by atoms with Gasteiger partial charge >= 0.3 is 0 Å². The number of methoxy groups -OCH3 is 1. The molecule has 5 rings (SSSR count). The molecule has 38 heavy (non-hydrogen) atoms. The monoisotopic (exact) mass is 517 g/mol. The van der Waals surface area contributed by atoms with Gasteiger partial charge in [0.25, 0.3) is 5.91 Å². The second-order valence-electron chi connectivity index (χ2n) is 9.36. The fraction of sp³-hybridized carbons (Fsp3) is 0.259. The molecule has 0 saturated carbocycles. The van der Waals surface area contributed by atoms with Crippen molar-refractivity contribution in [1.29, 1.82) is 0 Å². The number of carbonyl (C=O) groups is 1. The molecule has 0 spiro atoms. The van der Waals surface area contributed by atoms with Gasteiger partial charge in [-0.25, -0.2) is 9.37 Å². The van der Waals surface area contributed by atoms with Gasteiger partial charge in [-0.15, -0.1) is 0 Å². The first-order chi connectivity index (χ1) is 18.3. The number of amides is 1. The fourth-order valence-corrected chi connectivity index (χ4v) is 4.86. The van der Waals surface area contributed by atoms with Crippen LogP contribution >= 0.6 is 0 Å². The number of nitrogen functional groups attached to an aromatic ring is 1. The van der Waals surface area contributed by atoms with Gasteiger partial charge in [-0.05, 0) is 80.9 Å². The third-order valence-electron chi connectivity index (χ3n) is 6.94. The molecule has 0 bridgehead atoms. The van der Waals surface area contributed by atoms with Gasteiger partial charge in [0.15, 0.2) is 5.65 Å². The Morgan fingerprint density at radius 1 is 1.16 bits per heavy atom. The van der Waals surface area contributed by atoms with Gasteiger partial charge in [0, 0.05) is 11.9 Å². The van der Waals surface area contributed by atoms with Crippen LogP contribution in [0.25, 0.3) is 16.7 Å². The highest BCUT2D eigenvalue weighted by Crippen LogP contribution is 2.34. The lowest BCUT2D eigenvalue weighted by Gasteiger charge is -2.29. The van der Waals surface area contributed by atoms with Crippen molar-refractivity contribution in [3.63, 3.8) is 0 Å². The van der Waals surface area contributed by atoms with Crippen LogP contribution in [0.3, 0.4) is 0 Å². The summed E-state index contributed by atoms with van der Waals surface area (Å²) in [6, 6.07) is 11.4. The number of primary amides is 1. The molecule has 1 aliphatic heterocycles. The van der Waals surface area contributed by atoms with Crippen molar-refractivity contribution in [3.05, 3.63) is 75.8 Å². The van der Waals surface area contributed by atoms with Crippen molar-refractivity contribution in [2.24, 2.45) is 5.73 Å². The van der Waals surface area contributed by atoms with Crippen molar-refractivity contribution < 1.29 is 13.9 Å². The number of likely N-dealkylation sites (tertiary alicyclic amines) is 1. The van der Waals surface area contributed by atoms with Crippen molar-refractivity contribution in [3.8, 4) is 11.4 Å². The van der Waals surface area contributed by atoms with Gasteiger partial charge in [-0.3, -0.25) is 14.2 Å². The molecule has 1 fully saturated rings. The average molecular weight is 518 g/mol. The van der Waals surface area contributed by atoms with Crippen LogP contribution in [0.5, 0.6) is 5.75 Å². The van der Waals surface area contributed by atoms with Gasteiger partial charge in [0.1, 0.15) is 22.9 Å². The molecule has 1 saturated heterocycles. The third kappa shape index (κ3) is 4.63. The number of hydrogen-bond acceptors (Lipinski definition) is 8. The Kier molecular flexibility index (Phi) is 6.68. The first kappa shape index (κ1) is 25.2. The Labute approximate surface area is 218 Å². The second kappa shape index (κ2) is 10.1. The number of benzene rings is 2. The highest BCUT2D eigenvalue weighted by Gasteiger charge is 2.23. The van der Waals surface area contributed by atoms with Gasteiger partial charge in [-0.1, -0.05) is 6.07 Å². The molecule has 10 nitrogen and oxygen atoms in total. The van der Waals surface area contributed by atoms with E-state index in [4.69, 9.17) is 16.2 Å². The zero-order valence-electron chi connectivity index (χ0n) is 21.1. The molecule has 11 heteroatoms. The maximum absolute atomic E-state index is 13.6. The maximum Gasteiger partial charge on any atom is 0.256 e. The molecule has 0 aliphatic carbocycles. The van der Waals surface area contributed by atoms with E-state index in [0.717, 1.165) is 25.9 Å². The minimum absolute atomic E-state index is 0.0347. The highest BCUT2D eigenvalue weighted by atomic mass is 19.1. The predicted octanol–water partition coefficient (Wildman–Crippen LogP) is 3.16. The standard InChI is InChI=1S/C27H28FN7O3/c1-34-11-9-15(10-12-34)16-3-8-20(21(13-16)38-2)32-27-31-14-19-23(36)22(25(30)37)24(29)35(26(19)33-27)18-6-4-17(28)5-7-18/h3-8,13-15H,9-12,29H2,1-2H3,(H2,30,37)(H,31,32,33). The number of hydrogen-bond donors (Lipinski definition) is 3. The van der Waals surface area contributed by atoms with Crippen molar-refractivity contribution in [1.82, 2.24) is 19.4 Å². The van der Waals surface area contributed by atoms with Crippen LogP contribution in [-0.2, 0) is 0 Å². The number of nitrogens with two attached hydrogens (primary N) is 2. The summed E-state index contributed by atoms with van der Waals surface area (Å²) in [5, 5.41) is 3.19. The van der Waals surface area contributed by atoms with Crippen LogP contribution in [0.2, 0.25) is 0 Å². The second-order valence-corrected chi connectivity index (χ2v) is 9.36. The molecule has 1 amide bonds. The molecule has 1 aliphatic rings. The number of anilines is 3. The topological polar surface area (TPSA) is 141 Å². The van der Waals surface area contributed by atoms with E-state index < -0.39 is 22.7 Å². The number of carbonyl (C=O) groups excluding carboxylic acids is 1. The summed E-state index contributed by atoms with van der Waals surface area (Å²) in [7, 11) is 3.73. The van der Waals surface area contributed by atoms with Gasteiger partial charge in [0.05, 0.1) is 18.2 Å². The summed E-state index contributed by atoms with van der Waals surface area (Å²) in [6.07, 6.45) is 3.46. The van der Waals surface area contributed by atoms with Crippen LogP contribution < -0.4 is 26.9 Å². The lowest BCUT2D eigenvalue weighted by Crippen LogP contribution is -2.29. The van der Waals surface area contributed by atoms with Gasteiger partial charge in [-0.2, -0.15) is 4.98 Å². The summed E-state index contributed by atoms with van der Waals surface area (Å²) in [6.45, 7) is 2.10. The van der Waals surface area contributed by atoms with Crippen molar-refractivity contribution >= 4 is 34.4 Å². The Morgan fingerprint density at radius 3 is 2.53 bits per heavy atom. The number of nitrogens with zero attached hydrogens (tertiary/aromatic N) is 4. The first-order valence-corrected chi connectivity index (χ1v) is 12.2. The van der Waals surface area contributed by atoms with E-state index in [1.54, 1.807) is 7.11 Å². The highest BCUT2D eigenvalue weighted by molar-refractivity contribution is 6.01. The molecule has 2 aromatic carbocycles. The van der Waals surface area contributed by atoms with Gasteiger partial charge in [0.2, 0.25) is 11.4 Å². The Balaban J connectivity index is 1.58. The smallest absolute Gasteiger partial charge is 0.256 e. The van der Waals surface area contributed by atoms with Crippen LogP contribution in [0.4, 0.5) is 21.8 Å². The maximum atomic E-state index is 13.6. The SMILES string of the molecule is COc1cc(C2CCN(C)CC2)ccc1Nc1ncc2c(=O)c(C(N)=O)c(N)n(-c3ccc(F)cc3)c2n1. The van der Waals surface area contributed by atoms with Gasteiger partial charge < -0.3 is 26.4 Å². The summed E-state index contributed by atoms with van der Waals surface area (Å²) in [5.74, 6) is -0.388.